The monoisotopic (exact) mass is 334 g/mol. The Morgan fingerprint density at radius 2 is 1.80 bits per heavy atom. The number of nitrogens with zero attached hydrogens (tertiary/aromatic N) is 2. The minimum absolute atomic E-state index is 0.807. The Kier molecular flexibility index (Phi) is 4.60. The summed E-state index contributed by atoms with van der Waals surface area (Å²) in [6.07, 6.45) is 0.807. The Morgan fingerprint density at radius 1 is 1.10 bits per heavy atom. The van der Waals surface area contributed by atoms with E-state index in [1.807, 2.05) is 20.0 Å². The highest BCUT2D eigenvalue weighted by atomic mass is 79.9. The number of aryl methyl sites for hydroxylation is 2. The number of benzene rings is 1. The summed E-state index contributed by atoms with van der Waals surface area (Å²) in [7, 11) is 1.88. The van der Waals surface area contributed by atoms with Gasteiger partial charge in [-0.05, 0) is 37.6 Å². The fourth-order valence-electron chi connectivity index (χ4n) is 2.03. The lowest BCUT2D eigenvalue weighted by Crippen LogP contribution is -2.06. The van der Waals surface area contributed by atoms with Crippen molar-refractivity contribution >= 4 is 33.3 Å². The molecule has 0 spiro atoms. The summed E-state index contributed by atoms with van der Waals surface area (Å²) in [4.78, 5) is 9.05. The van der Waals surface area contributed by atoms with Crippen LogP contribution in [0.1, 0.15) is 23.9 Å². The summed E-state index contributed by atoms with van der Waals surface area (Å²) >= 11 is 3.52. The first kappa shape index (κ1) is 14.8. The van der Waals surface area contributed by atoms with Crippen LogP contribution in [0.2, 0.25) is 0 Å². The quantitative estimate of drug-likeness (QED) is 0.879. The smallest absolute Gasteiger partial charge is 0.139 e. The third-order valence-corrected chi connectivity index (χ3v) is 3.51. The predicted molar refractivity (Wildman–Crippen MR) is 87.9 cm³/mol. The van der Waals surface area contributed by atoms with E-state index in [9.17, 15) is 0 Å². The molecule has 0 amide bonds. The second-order valence-electron chi connectivity index (χ2n) is 4.71. The zero-order chi connectivity index (χ0) is 14.7. The Hall–Kier alpha value is -1.62. The van der Waals surface area contributed by atoms with Gasteiger partial charge in [-0.2, -0.15) is 0 Å². The number of halogens is 1. The molecule has 0 atom stereocenters. The SMILES string of the molecule is CCc1nc(NC)c(C)c(Nc2cc(C)cc(Br)c2)n1. The predicted octanol–water partition coefficient (Wildman–Crippen LogP) is 4.20. The molecule has 1 aromatic heterocycles. The molecule has 0 saturated heterocycles. The van der Waals surface area contributed by atoms with Crippen LogP contribution >= 0.6 is 15.9 Å². The Morgan fingerprint density at radius 3 is 2.40 bits per heavy atom. The van der Waals surface area contributed by atoms with Crippen molar-refractivity contribution in [2.75, 3.05) is 17.7 Å². The molecule has 2 aromatic rings. The van der Waals surface area contributed by atoms with Crippen molar-refractivity contribution < 1.29 is 0 Å². The van der Waals surface area contributed by atoms with E-state index >= 15 is 0 Å². The van der Waals surface area contributed by atoms with Crippen LogP contribution in [-0.2, 0) is 6.42 Å². The summed E-state index contributed by atoms with van der Waals surface area (Å²) in [5.41, 5.74) is 3.23. The topological polar surface area (TPSA) is 49.8 Å². The van der Waals surface area contributed by atoms with Crippen molar-refractivity contribution in [3.8, 4) is 0 Å². The van der Waals surface area contributed by atoms with Crippen LogP contribution in [0, 0.1) is 13.8 Å². The van der Waals surface area contributed by atoms with Gasteiger partial charge in [0.25, 0.3) is 0 Å². The van der Waals surface area contributed by atoms with Crippen LogP contribution in [0.25, 0.3) is 0 Å². The van der Waals surface area contributed by atoms with Crippen LogP contribution in [-0.4, -0.2) is 17.0 Å². The third-order valence-electron chi connectivity index (χ3n) is 3.05. The fraction of sp³-hybridized carbons (Fsp3) is 0.333. The van der Waals surface area contributed by atoms with Gasteiger partial charge in [0.15, 0.2) is 0 Å². The molecule has 4 nitrogen and oxygen atoms in total. The number of hydrogen-bond donors (Lipinski definition) is 2. The number of hydrogen-bond acceptors (Lipinski definition) is 4. The van der Waals surface area contributed by atoms with Gasteiger partial charge in [0.05, 0.1) is 0 Å². The van der Waals surface area contributed by atoms with Crippen LogP contribution < -0.4 is 10.6 Å². The molecule has 0 aliphatic rings. The molecule has 0 unspecified atom stereocenters. The van der Waals surface area contributed by atoms with E-state index in [-0.39, 0.29) is 0 Å². The van der Waals surface area contributed by atoms with E-state index < -0.39 is 0 Å². The molecular weight excluding hydrogens is 316 g/mol. The van der Waals surface area contributed by atoms with Crippen molar-refractivity contribution in [3.05, 3.63) is 39.6 Å². The number of nitrogens with one attached hydrogen (secondary N) is 2. The highest BCUT2D eigenvalue weighted by Gasteiger charge is 2.09. The van der Waals surface area contributed by atoms with E-state index in [1.165, 1.54) is 5.56 Å². The maximum absolute atomic E-state index is 4.58. The van der Waals surface area contributed by atoms with E-state index in [2.05, 4.69) is 62.5 Å². The molecule has 20 heavy (non-hydrogen) atoms. The van der Waals surface area contributed by atoms with Crippen molar-refractivity contribution in [1.29, 1.82) is 0 Å². The summed E-state index contributed by atoms with van der Waals surface area (Å²) in [6.45, 7) is 6.13. The Balaban J connectivity index is 2.41. The first-order chi connectivity index (χ1) is 9.53. The molecule has 1 heterocycles. The summed E-state index contributed by atoms with van der Waals surface area (Å²) < 4.78 is 1.05. The zero-order valence-corrected chi connectivity index (χ0v) is 13.8. The zero-order valence-electron chi connectivity index (χ0n) is 12.2. The van der Waals surface area contributed by atoms with E-state index in [4.69, 9.17) is 0 Å². The van der Waals surface area contributed by atoms with E-state index in [1.54, 1.807) is 0 Å². The van der Waals surface area contributed by atoms with Crippen molar-refractivity contribution in [2.24, 2.45) is 0 Å². The molecule has 106 valence electrons. The third kappa shape index (κ3) is 3.28. The molecular formula is C15H19BrN4. The molecule has 0 radical (unpaired) electrons. The molecule has 1 aromatic carbocycles. The van der Waals surface area contributed by atoms with Gasteiger partial charge in [-0.15, -0.1) is 0 Å². The van der Waals surface area contributed by atoms with Gasteiger partial charge in [-0.1, -0.05) is 22.9 Å². The number of rotatable bonds is 4. The summed E-state index contributed by atoms with van der Waals surface area (Å²) in [6, 6.07) is 6.21. The average Bonchev–Trinajstić information content (AvgIpc) is 2.40. The average molecular weight is 335 g/mol. The van der Waals surface area contributed by atoms with Gasteiger partial charge in [0, 0.05) is 29.2 Å². The summed E-state index contributed by atoms with van der Waals surface area (Å²) in [5, 5.41) is 6.50. The van der Waals surface area contributed by atoms with Crippen LogP contribution in [0.3, 0.4) is 0 Å². The lowest BCUT2D eigenvalue weighted by molar-refractivity contribution is 0.935. The van der Waals surface area contributed by atoms with Gasteiger partial charge in [0.2, 0.25) is 0 Å². The van der Waals surface area contributed by atoms with Gasteiger partial charge in [-0.25, -0.2) is 9.97 Å². The number of anilines is 3. The standard InChI is InChI=1S/C15H19BrN4/c1-5-13-19-14(17-4)10(3)15(20-13)18-12-7-9(2)6-11(16)8-12/h6-8H,5H2,1-4H3,(H2,17,18,19,20). The molecule has 2 N–H and O–H groups in total. The molecule has 2 rings (SSSR count). The maximum Gasteiger partial charge on any atom is 0.139 e. The lowest BCUT2D eigenvalue weighted by Gasteiger charge is -2.14. The normalized spacial score (nSPS) is 10.4. The Bertz CT molecular complexity index is 605. The minimum atomic E-state index is 0.807. The summed E-state index contributed by atoms with van der Waals surface area (Å²) in [5.74, 6) is 2.54. The maximum atomic E-state index is 4.58. The number of aromatic nitrogens is 2. The molecule has 0 fully saturated rings. The van der Waals surface area contributed by atoms with Gasteiger partial charge in [0.1, 0.15) is 17.5 Å². The second kappa shape index (κ2) is 6.22. The first-order valence-corrected chi connectivity index (χ1v) is 7.42. The van der Waals surface area contributed by atoms with Crippen LogP contribution in [0.15, 0.2) is 22.7 Å². The molecule has 0 aliphatic carbocycles. The lowest BCUT2D eigenvalue weighted by atomic mass is 10.2. The van der Waals surface area contributed by atoms with Crippen molar-refractivity contribution in [3.63, 3.8) is 0 Å². The molecule has 5 heteroatoms. The highest BCUT2D eigenvalue weighted by Crippen LogP contribution is 2.26. The fourth-order valence-corrected chi connectivity index (χ4v) is 2.64. The molecule has 0 saturated carbocycles. The van der Waals surface area contributed by atoms with Crippen molar-refractivity contribution in [2.45, 2.75) is 27.2 Å². The highest BCUT2D eigenvalue weighted by molar-refractivity contribution is 9.10. The van der Waals surface area contributed by atoms with Gasteiger partial charge < -0.3 is 10.6 Å². The van der Waals surface area contributed by atoms with Gasteiger partial charge in [-0.3, -0.25) is 0 Å². The van der Waals surface area contributed by atoms with E-state index in [0.29, 0.717) is 0 Å². The molecule has 0 aliphatic heterocycles. The second-order valence-corrected chi connectivity index (χ2v) is 5.62. The van der Waals surface area contributed by atoms with E-state index in [0.717, 1.165) is 39.6 Å². The van der Waals surface area contributed by atoms with Crippen molar-refractivity contribution in [1.82, 2.24) is 9.97 Å². The van der Waals surface area contributed by atoms with Crippen LogP contribution in [0.5, 0.6) is 0 Å². The minimum Gasteiger partial charge on any atom is -0.373 e. The Labute approximate surface area is 128 Å². The van der Waals surface area contributed by atoms with Crippen LogP contribution in [0.4, 0.5) is 17.3 Å². The van der Waals surface area contributed by atoms with Gasteiger partial charge >= 0.3 is 0 Å². The largest absolute Gasteiger partial charge is 0.373 e. The molecule has 0 bridgehead atoms. The first-order valence-electron chi connectivity index (χ1n) is 6.63.